The van der Waals surface area contributed by atoms with E-state index in [0.717, 1.165) is 22.0 Å². The number of fused-ring (bicyclic) bond motifs is 3. The van der Waals surface area contributed by atoms with Gasteiger partial charge in [-0.3, -0.25) is 19.5 Å². The molecule has 10 heteroatoms. The molecule has 1 aliphatic carbocycles. The van der Waals surface area contributed by atoms with Gasteiger partial charge < -0.3 is 15.1 Å². The summed E-state index contributed by atoms with van der Waals surface area (Å²) in [5.41, 5.74) is 1.93. The van der Waals surface area contributed by atoms with E-state index < -0.39 is 11.0 Å². The second-order valence-corrected chi connectivity index (χ2v) is 10.6. The van der Waals surface area contributed by atoms with E-state index in [1.54, 1.807) is 17.2 Å². The molecule has 1 saturated carbocycles. The highest BCUT2D eigenvalue weighted by Gasteiger charge is 2.54. The molecular weight excluding hydrogens is 492 g/mol. The van der Waals surface area contributed by atoms with Crippen molar-refractivity contribution >= 4 is 45.9 Å². The second-order valence-electron chi connectivity index (χ2n) is 10.3. The Hall–Kier alpha value is -3.90. The number of aryl methyl sites for hydroxylation is 1. The van der Waals surface area contributed by atoms with Crippen LogP contribution in [0.25, 0.3) is 10.9 Å². The smallest absolute Gasteiger partial charge is 0.253 e. The number of rotatable bonds is 4. The Labute approximate surface area is 218 Å². The van der Waals surface area contributed by atoms with Gasteiger partial charge in [-0.05, 0) is 62.4 Å². The van der Waals surface area contributed by atoms with Crippen molar-refractivity contribution in [3.8, 4) is 6.07 Å². The highest BCUT2D eigenvalue weighted by atomic mass is 35.5. The average Bonchev–Trinajstić information content (AvgIpc) is 3.44. The quantitative estimate of drug-likeness (QED) is 0.551. The fourth-order valence-corrected chi connectivity index (χ4v) is 5.98. The third-order valence-corrected chi connectivity index (χ3v) is 8.46. The molecule has 1 saturated heterocycles. The number of carbonyl (C=O) groups excluding carboxylic acids is 3. The van der Waals surface area contributed by atoms with Gasteiger partial charge in [-0.25, -0.2) is 0 Å². The number of nitrogens with one attached hydrogen (secondary N) is 2. The van der Waals surface area contributed by atoms with Gasteiger partial charge in [-0.2, -0.15) is 10.4 Å². The molecule has 0 atom stereocenters. The number of anilines is 1. The summed E-state index contributed by atoms with van der Waals surface area (Å²) in [7, 11) is 0. The standard InChI is InChI=1S/C27H25ClN6O3/c1-16-2-5-20-22(23(16)28)27(25(37)34(20)14-21(35)31-26(15-29)6-7-26)8-10-33(11-9-27)24(36)17-3-4-19-18(12-17)13-30-32-19/h2-5,12-13H,6-11,14H2,1H3,(H,30,32)(H,31,35). The first-order valence-corrected chi connectivity index (χ1v) is 12.7. The van der Waals surface area contributed by atoms with Crippen LogP contribution in [0, 0.1) is 18.3 Å². The molecule has 37 heavy (non-hydrogen) atoms. The number of nitriles is 1. The number of likely N-dealkylation sites (tertiary alicyclic amines) is 1. The summed E-state index contributed by atoms with van der Waals surface area (Å²) in [4.78, 5) is 43.3. The molecule has 6 rings (SSSR count). The third-order valence-electron chi connectivity index (χ3n) is 7.97. The number of piperidine rings is 1. The number of aromatic amines is 1. The number of hydrogen-bond acceptors (Lipinski definition) is 5. The molecule has 9 nitrogen and oxygen atoms in total. The van der Waals surface area contributed by atoms with Crippen LogP contribution in [0.1, 0.15) is 47.2 Å². The minimum absolute atomic E-state index is 0.0959. The molecule has 3 aliphatic rings. The molecule has 0 unspecified atom stereocenters. The Kier molecular flexibility index (Phi) is 5.28. The first-order chi connectivity index (χ1) is 17.8. The number of hydrogen-bond donors (Lipinski definition) is 2. The molecule has 1 spiro atoms. The van der Waals surface area contributed by atoms with Crippen molar-refractivity contribution in [2.45, 2.75) is 43.6 Å². The molecule has 0 radical (unpaired) electrons. The van der Waals surface area contributed by atoms with E-state index in [1.165, 1.54) is 4.90 Å². The van der Waals surface area contributed by atoms with Gasteiger partial charge in [0, 0.05) is 34.6 Å². The molecule has 2 fully saturated rings. The molecule has 1 aromatic heterocycles. The van der Waals surface area contributed by atoms with E-state index in [-0.39, 0.29) is 24.3 Å². The van der Waals surface area contributed by atoms with Gasteiger partial charge in [0.2, 0.25) is 11.8 Å². The Balaban J connectivity index is 1.26. The minimum Gasteiger partial charge on any atom is -0.339 e. The highest BCUT2D eigenvalue weighted by Crippen LogP contribution is 2.51. The zero-order valence-corrected chi connectivity index (χ0v) is 21.1. The van der Waals surface area contributed by atoms with E-state index in [9.17, 15) is 19.6 Å². The van der Waals surface area contributed by atoms with Gasteiger partial charge in [-0.15, -0.1) is 0 Å². The molecule has 2 N–H and O–H groups in total. The van der Waals surface area contributed by atoms with E-state index in [2.05, 4.69) is 21.6 Å². The van der Waals surface area contributed by atoms with Crippen molar-refractivity contribution in [2.24, 2.45) is 0 Å². The monoisotopic (exact) mass is 516 g/mol. The molecule has 2 aliphatic heterocycles. The van der Waals surface area contributed by atoms with Crippen LogP contribution in [0.3, 0.4) is 0 Å². The molecule has 3 amide bonds. The summed E-state index contributed by atoms with van der Waals surface area (Å²) in [6.45, 7) is 2.49. The zero-order chi connectivity index (χ0) is 25.9. The van der Waals surface area contributed by atoms with Crippen LogP contribution in [0.2, 0.25) is 5.02 Å². The van der Waals surface area contributed by atoms with Crippen molar-refractivity contribution in [2.75, 3.05) is 24.5 Å². The lowest BCUT2D eigenvalue weighted by atomic mass is 9.73. The maximum absolute atomic E-state index is 14.0. The van der Waals surface area contributed by atoms with Crippen LogP contribution < -0.4 is 10.2 Å². The van der Waals surface area contributed by atoms with Gasteiger partial charge in [0.05, 0.1) is 28.9 Å². The summed E-state index contributed by atoms with van der Waals surface area (Å²) in [5, 5.41) is 20.4. The molecule has 3 heterocycles. The lowest BCUT2D eigenvalue weighted by Crippen LogP contribution is -2.52. The highest BCUT2D eigenvalue weighted by molar-refractivity contribution is 6.34. The second kappa shape index (κ2) is 8.32. The molecule has 2 aromatic carbocycles. The molecule has 188 valence electrons. The summed E-state index contributed by atoms with van der Waals surface area (Å²) in [5.74, 6) is -0.644. The number of aromatic nitrogens is 2. The summed E-state index contributed by atoms with van der Waals surface area (Å²) < 4.78 is 0. The number of H-pyrrole nitrogens is 1. The van der Waals surface area contributed by atoms with Crippen LogP contribution in [0.15, 0.2) is 36.5 Å². The normalized spacial score (nSPS) is 19.1. The van der Waals surface area contributed by atoms with Crippen LogP contribution in [-0.4, -0.2) is 58.0 Å². The van der Waals surface area contributed by atoms with E-state index in [1.807, 2.05) is 31.2 Å². The van der Waals surface area contributed by atoms with Crippen molar-refractivity contribution in [1.82, 2.24) is 20.4 Å². The number of nitrogens with zero attached hydrogens (tertiary/aromatic N) is 4. The molecule has 3 aromatic rings. The Bertz CT molecular complexity index is 1510. The van der Waals surface area contributed by atoms with Gasteiger partial charge in [0.25, 0.3) is 5.91 Å². The number of halogens is 1. The largest absolute Gasteiger partial charge is 0.339 e. The molecular formula is C27H25ClN6O3. The topological polar surface area (TPSA) is 122 Å². The maximum atomic E-state index is 14.0. The van der Waals surface area contributed by atoms with E-state index in [0.29, 0.717) is 55.0 Å². The van der Waals surface area contributed by atoms with Gasteiger partial charge in [0.15, 0.2) is 0 Å². The molecule has 0 bridgehead atoms. The number of benzene rings is 2. The van der Waals surface area contributed by atoms with Crippen LogP contribution in [0.4, 0.5) is 5.69 Å². The minimum atomic E-state index is -0.906. The van der Waals surface area contributed by atoms with Crippen LogP contribution >= 0.6 is 11.6 Å². The first-order valence-electron chi connectivity index (χ1n) is 12.3. The van der Waals surface area contributed by atoms with Gasteiger partial charge in [-0.1, -0.05) is 17.7 Å². The van der Waals surface area contributed by atoms with Crippen LogP contribution in [-0.2, 0) is 15.0 Å². The van der Waals surface area contributed by atoms with E-state index in [4.69, 9.17) is 11.6 Å². The lowest BCUT2D eigenvalue weighted by Gasteiger charge is -2.39. The van der Waals surface area contributed by atoms with E-state index >= 15 is 0 Å². The van der Waals surface area contributed by atoms with Gasteiger partial charge in [0.1, 0.15) is 12.1 Å². The fraction of sp³-hybridized carbons (Fsp3) is 0.370. The summed E-state index contributed by atoms with van der Waals surface area (Å²) in [6, 6.07) is 11.3. The Morgan fingerprint density at radius 3 is 2.65 bits per heavy atom. The first kappa shape index (κ1) is 23.5. The van der Waals surface area contributed by atoms with Crippen LogP contribution in [0.5, 0.6) is 0 Å². The average molecular weight is 517 g/mol. The maximum Gasteiger partial charge on any atom is 0.253 e. The third kappa shape index (κ3) is 3.66. The fourth-order valence-electron chi connectivity index (χ4n) is 5.64. The predicted molar refractivity (Wildman–Crippen MR) is 137 cm³/mol. The van der Waals surface area contributed by atoms with Crippen molar-refractivity contribution < 1.29 is 14.4 Å². The zero-order valence-electron chi connectivity index (χ0n) is 20.3. The number of amides is 3. The lowest BCUT2D eigenvalue weighted by molar-refractivity contribution is -0.127. The van der Waals surface area contributed by atoms with Crippen molar-refractivity contribution in [3.05, 3.63) is 58.2 Å². The van der Waals surface area contributed by atoms with Crippen molar-refractivity contribution in [1.29, 1.82) is 5.26 Å². The predicted octanol–water partition coefficient (Wildman–Crippen LogP) is 3.22. The van der Waals surface area contributed by atoms with Gasteiger partial charge >= 0.3 is 0 Å². The SMILES string of the molecule is Cc1ccc2c(c1Cl)C1(CCN(C(=O)c3ccc4[nH]ncc4c3)CC1)C(=O)N2CC(=O)NC1(C#N)CC1. The summed E-state index contributed by atoms with van der Waals surface area (Å²) in [6.07, 6.45) is 3.73. The number of carbonyl (C=O) groups is 3. The Morgan fingerprint density at radius 1 is 1.19 bits per heavy atom. The summed E-state index contributed by atoms with van der Waals surface area (Å²) >= 11 is 6.80. The Morgan fingerprint density at radius 2 is 1.95 bits per heavy atom. The van der Waals surface area contributed by atoms with Crippen molar-refractivity contribution in [3.63, 3.8) is 0 Å².